The summed E-state index contributed by atoms with van der Waals surface area (Å²) >= 11 is 1.42. The minimum absolute atomic E-state index is 0.248. The maximum atomic E-state index is 13.3. The van der Waals surface area contributed by atoms with Crippen molar-refractivity contribution in [1.29, 1.82) is 5.26 Å². The van der Waals surface area contributed by atoms with Gasteiger partial charge in [-0.25, -0.2) is 4.98 Å². The van der Waals surface area contributed by atoms with E-state index in [1.807, 2.05) is 60.7 Å². The first-order chi connectivity index (χ1) is 14.7. The van der Waals surface area contributed by atoms with Crippen LogP contribution in [0.3, 0.4) is 0 Å². The summed E-state index contributed by atoms with van der Waals surface area (Å²) in [6.45, 7) is 1.09. The Bertz CT molecular complexity index is 1310. The van der Waals surface area contributed by atoms with Crippen LogP contribution in [0.1, 0.15) is 26.4 Å². The monoisotopic (exact) mass is 411 g/mol. The summed E-state index contributed by atoms with van der Waals surface area (Å²) < 4.78 is 5.50. The summed E-state index contributed by atoms with van der Waals surface area (Å²) in [6.07, 6.45) is 0.695. The summed E-state index contributed by atoms with van der Waals surface area (Å²) in [7, 11) is 0. The van der Waals surface area contributed by atoms with Gasteiger partial charge in [-0.15, -0.1) is 11.3 Å². The van der Waals surface area contributed by atoms with Crippen molar-refractivity contribution in [2.45, 2.75) is 13.0 Å². The molecule has 1 amide bonds. The number of carbonyl (C=O) groups excluding carboxylic acids is 1. The van der Waals surface area contributed by atoms with Crippen molar-refractivity contribution in [3.05, 3.63) is 82.2 Å². The normalized spacial score (nSPS) is 12.9. The van der Waals surface area contributed by atoms with E-state index >= 15 is 0 Å². The van der Waals surface area contributed by atoms with Gasteiger partial charge < -0.3 is 10.1 Å². The van der Waals surface area contributed by atoms with Crippen LogP contribution in [0.15, 0.2) is 60.7 Å². The fourth-order valence-electron chi connectivity index (χ4n) is 3.73. The van der Waals surface area contributed by atoms with Crippen LogP contribution in [-0.2, 0) is 17.8 Å². The third-order valence-corrected chi connectivity index (χ3v) is 6.31. The number of nitrogens with one attached hydrogen (secondary N) is 1. The molecule has 4 aromatic rings. The number of pyridine rings is 1. The number of para-hydroxylation sites is 1. The molecule has 6 heteroatoms. The number of ether oxygens (including phenoxy) is 1. The zero-order valence-corrected chi connectivity index (χ0v) is 16.8. The summed E-state index contributed by atoms with van der Waals surface area (Å²) in [5.74, 6) is -0.248. The fraction of sp³-hybridized carbons (Fsp3) is 0.125. The number of hydrogen-bond acceptors (Lipinski definition) is 5. The minimum atomic E-state index is -0.248. The van der Waals surface area contributed by atoms with Gasteiger partial charge in [0.15, 0.2) is 0 Å². The molecule has 5 rings (SSSR count). The number of carbonyl (C=O) groups is 1. The van der Waals surface area contributed by atoms with Crippen molar-refractivity contribution >= 4 is 33.1 Å². The highest BCUT2D eigenvalue weighted by atomic mass is 32.1. The molecule has 0 saturated carbocycles. The first-order valence-electron chi connectivity index (χ1n) is 9.63. The molecule has 1 N–H and O–H groups in total. The molecule has 1 aliphatic heterocycles. The Morgan fingerprint density at radius 1 is 1.13 bits per heavy atom. The average molecular weight is 411 g/mol. The van der Waals surface area contributed by atoms with Crippen molar-refractivity contribution in [2.24, 2.45) is 0 Å². The van der Waals surface area contributed by atoms with Crippen molar-refractivity contribution in [3.8, 4) is 17.3 Å². The molecule has 5 nitrogen and oxygen atoms in total. The van der Waals surface area contributed by atoms with Crippen molar-refractivity contribution in [1.82, 2.24) is 4.98 Å². The summed E-state index contributed by atoms with van der Waals surface area (Å²) in [5.41, 5.74) is 4.51. The Kier molecular flexibility index (Phi) is 4.75. The largest absolute Gasteiger partial charge is 0.376 e. The molecular weight excluding hydrogens is 394 g/mol. The van der Waals surface area contributed by atoms with E-state index < -0.39 is 0 Å². The van der Waals surface area contributed by atoms with Gasteiger partial charge in [-0.3, -0.25) is 4.79 Å². The summed E-state index contributed by atoms with van der Waals surface area (Å²) in [5, 5.41) is 14.0. The minimum Gasteiger partial charge on any atom is -0.376 e. The van der Waals surface area contributed by atoms with E-state index in [9.17, 15) is 10.1 Å². The molecular formula is C24H17N3O2S. The van der Waals surface area contributed by atoms with Gasteiger partial charge in [0.05, 0.1) is 35.6 Å². The fourth-order valence-corrected chi connectivity index (χ4v) is 4.86. The van der Waals surface area contributed by atoms with Crippen LogP contribution >= 0.6 is 11.3 Å². The number of fused-ring (bicyclic) bond motifs is 2. The van der Waals surface area contributed by atoms with Crippen molar-refractivity contribution in [2.75, 3.05) is 11.9 Å². The van der Waals surface area contributed by atoms with E-state index in [1.54, 1.807) is 0 Å². The number of hydrogen-bond donors (Lipinski definition) is 1. The lowest BCUT2D eigenvalue weighted by Gasteiger charge is -2.11. The molecule has 0 radical (unpaired) electrons. The van der Waals surface area contributed by atoms with Crippen LogP contribution in [0.2, 0.25) is 0 Å². The highest BCUT2D eigenvalue weighted by Gasteiger charge is 2.23. The Morgan fingerprint density at radius 2 is 1.93 bits per heavy atom. The van der Waals surface area contributed by atoms with Crippen LogP contribution in [0.5, 0.6) is 0 Å². The number of benzene rings is 2. The van der Waals surface area contributed by atoms with Crippen LogP contribution in [-0.4, -0.2) is 17.5 Å². The third kappa shape index (κ3) is 3.24. The lowest BCUT2D eigenvalue weighted by Crippen LogP contribution is -2.13. The number of nitriles is 1. The standard InChI is InChI=1S/C24H17N3O2S/c25-13-19-17-10-11-29-14-22(17)30-24(19)27-23(28)18-12-21(15-6-2-1-3-7-15)26-20-9-5-4-8-16(18)20/h1-9,12H,10-11,14H2,(H,27,28). The van der Waals surface area contributed by atoms with Crippen LogP contribution in [0.4, 0.5) is 5.00 Å². The van der Waals surface area contributed by atoms with Gasteiger partial charge >= 0.3 is 0 Å². The maximum absolute atomic E-state index is 13.3. The predicted octanol–water partition coefficient (Wildman–Crippen LogP) is 5.16. The zero-order chi connectivity index (χ0) is 20.5. The van der Waals surface area contributed by atoms with Gasteiger partial charge in [0.2, 0.25) is 0 Å². The smallest absolute Gasteiger partial charge is 0.257 e. The lowest BCUT2D eigenvalue weighted by molar-refractivity contribution is 0.102. The first-order valence-corrected chi connectivity index (χ1v) is 10.4. The second-order valence-electron chi connectivity index (χ2n) is 7.01. The second-order valence-corrected chi connectivity index (χ2v) is 8.12. The Hall–Kier alpha value is -3.53. The molecule has 146 valence electrons. The second kappa shape index (κ2) is 7.71. The molecule has 0 saturated heterocycles. The molecule has 0 spiro atoms. The molecule has 0 unspecified atom stereocenters. The molecule has 1 aliphatic rings. The number of thiophene rings is 1. The van der Waals surface area contributed by atoms with Crippen LogP contribution < -0.4 is 5.32 Å². The van der Waals surface area contributed by atoms with E-state index in [4.69, 9.17) is 9.72 Å². The molecule has 3 heterocycles. The predicted molar refractivity (Wildman–Crippen MR) is 118 cm³/mol. The average Bonchev–Trinajstić information content (AvgIpc) is 3.15. The molecule has 0 atom stereocenters. The van der Waals surface area contributed by atoms with E-state index in [-0.39, 0.29) is 5.91 Å². The summed E-state index contributed by atoms with van der Waals surface area (Å²) in [6, 6.07) is 21.5. The number of rotatable bonds is 3. The number of anilines is 1. The third-order valence-electron chi connectivity index (χ3n) is 5.19. The van der Waals surface area contributed by atoms with E-state index in [0.29, 0.717) is 35.8 Å². The highest BCUT2D eigenvalue weighted by Crippen LogP contribution is 2.36. The van der Waals surface area contributed by atoms with E-state index in [0.717, 1.165) is 32.6 Å². The van der Waals surface area contributed by atoms with Gasteiger partial charge in [0.1, 0.15) is 11.1 Å². The van der Waals surface area contributed by atoms with Gasteiger partial charge in [-0.05, 0) is 24.1 Å². The molecule has 0 bridgehead atoms. The topological polar surface area (TPSA) is 75.0 Å². The van der Waals surface area contributed by atoms with Gasteiger partial charge in [0.25, 0.3) is 5.91 Å². The molecule has 0 aliphatic carbocycles. The Labute approximate surface area is 177 Å². The number of nitrogens with zero attached hydrogens (tertiary/aromatic N) is 2. The van der Waals surface area contributed by atoms with Gasteiger partial charge in [-0.1, -0.05) is 48.5 Å². The van der Waals surface area contributed by atoms with Crippen LogP contribution in [0, 0.1) is 11.3 Å². The Balaban J connectivity index is 1.59. The van der Waals surface area contributed by atoms with E-state index in [2.05, 4.69) is 11.4 Å². The van der Waals surface area contributed by atoms with Gasteiger partial charge in [0, 0.05) is 15.8 Å². The lowest BCUT2D eigenvalue weighted by atomic mass is 10.0. The van der Waals surface area contributed by atoms with Crippen molar-refractivity contribution in [3.63, 3.8) is 0 Å². The van der Waals surface area contributed by atoms with E-state index in [1.165, 1.54) is 11.3 Å². The SMILES string of the molecule is N#Cc1c(NC(=O)c2cc(-c3ccccc3)nc3ccccc23)sc2c1CCOC2. The number of aromatic nitrogens is 1. The van der Waals surface area contributed by atoms with Gasteiger partial charge in [-0.2, -0.15) is 5.26 Å². The zero-order valence-electron chi connectivity index (χ0n) is 16.0. The number of amides is 1. The molecule has 0 fully saturated rings. The highest BCUT2D eigenvalue weighted by molar-refractivity contribution is 7.16. The quantitative estimate of drug-likeness (QED) is 0.505. The van der Waals surface area contributed by atoms with Crippen LogP contribution in [0.25, 0.3) is 22.2 Å². The molecule has 2 aromatic heterocycles. The first kappa shape index (κ1) is 18.5. The maximum Gasteiger partial charge on any atom is 0.257 e. The van der Waals surface area contributed by atoms with Crippen molar-refractivity contribution < 1.29 is 9.53 Å². The summed E-state index contributed by atoms with van der Waals surface area (Å²) in [4.78, 5) is 19.1. The molecule has 2 aromatic carbocycles. The Morgan fingerprint density at radius 3 is 2.77 bits per heavy atom. The molecule has 30 heavy (non-hydrogen) atoms.